The van der Waals surface area contributed by atoms with E-state index in [1.54, 1.807) is 4.90 Å². The minimum atomic E-state index is -0.587. The number of ketones is 1. The van der Waals surface area contributed by atoms with Gasteiger partial charge < -0.3 is 10.6 Å². The van der Waals surface area contributed by atoms with E-state index in [1.807, 2.05) is 51.1 Å². The van der Waals surface area contributed by atoms with Crippen LogP contribution in [-0.4, -0.2) is 35.2 Å². The zero-order valence-electron chi connectivity index (χ0n) is 13.7. The fourth-order valence-corrected chi connectivity index (χ4v) is 2.97. The number of hydrogen-bond acceptors (Lipinski definition) is 3. The largest absolute Gasteiger partial charge is 0.331 e. The molecule has 1 aromatic rings. The van der Waals surface area contributed by atoms with Crippen molar-refractivity contribution in [3.63, 3.8) is 0 Å². The molecule has 1 heterocycles. The summed E-state index contributed by atoms with van der Waals surface area (Å²) in [5.74, 6) is 0.0224. The Morgan fingerprint density at radius 1 is 1.27 bits per heavy atom. The van der Waals surface area contributed by atoms with E-state index in [9.17, 15) is 9.59 Å². The molecule has 2 rings (SSSR count). The summed E-state index contributed by atoms with van der Waals surface area (Å²) in [5.41, 5.74) is 6.71. The lowest BCUT2D eigenvalue weighted by molar-refractivity contribution is -0.141. The summed E-state index contributed by atoms with van der Waals surface area (Å²) in [6.07, 6.45) is 2.13. The molecule has 0 bridgehead atoms. The van der Waals surface area contributed by atoms with Gasteiger partial charge in [0.05, 0.1) is 12.1 Å². The molecule has 0 radical (unpaired) electrons. The number of likely N-dealkylation sites (tertiary alicyclic amines) is 1. The molecule has 0 saturated carbocycles. The lowest BCUT2D eigenvalue weighted by atomic mass is 9.85. The predicted octanol–water partition coefficient (Wildman–Crippen LogP) is 2.16. The van der Waals surface area contributed by atoms with E-state index in [0.29, 0.717) is 13.0 Å². The van der Waals surface area contributed by atoms with E-state index in [2.05, 4.69) is 0 Å². The second-order valence-corrected chi connectivity index (χ2v) is 7.10. The van der Waals surface area contributed by atoms with Crippen LogP contribution in [0.5, 0.6) is 0 Å². The van der Waals surface area contributed by atoms with Gasteiger partial charge in [0.2, 0.25) is 5.91 Å². The third-order valence-corrected chi connectivity index (χ3v) is 4.19. The number of hydrogen-bond donors (Lipinski definition) is 1. The van der Waals surface area contributed by atoms with Crippen LogP contribution >= 0.6 is 0 Å². The van der Waals surface area contributed by atoms with Crippen molar-refractivity contribution in [3.05, 3.63) is 35.9 Å². The molecule has 0 aliphatic carbocycles. The van der Waals surface area contributed by atoms with Crippen molar-refractivity contribution in [2.45, 2.75) is 52.1 Å². The number of nitrogens with two attached hydrogens (primary N) is 1. The van der Waals surface area contributed by atoms with Crippen molar-refractivity contribution in [1.82, 2.24) is 4.90 Å². The molecule has 4 heteroatoms. The number of rotatable bonds is 4. The minimum absolute atomic E-state index is 0.107. The number of nitrogens with zero attached hydrogens (tertiary/aromatic N) is 1. The van der Waals surface area contributed by atoms with Crippen LogP contribution in [0.1, 0.15) is 39.2 Å². The maximum absolute atomic E-state index is 12.6. The highest BCUT2D eigenvalue weighted by atomic mass is 16.2. The van der Waals surface area contributed by atoms with Crippen molar-refractivity contribution >= 4 is 11.7 Å². The first-order chi connectivity index (χ1) is 10.3. The van der Waals surface area contributed by atoms with E-state index in [-0.39, 0.29) is 17.7 Å². The van der Waals surface area contributed by atoms with Crippen LogP contribution in [0.3, 0.4) is 0 Å². The highest BCUT2D eigenvalue weighted by molar-refractivity contribution is 5.94. The highest BCUT2D eigenvalue weighted by Gasteiger charge is 2.40. The van der Waals surface area contributed by atoms with Gasteiger partial charge in [-0.25, -0.2) is 0 Å². The molecule has 4 nitrogen and oxygen atoms in total. The lowest BCUT2D eigenvalue weighted by Gasteiger charge is -2.30. The van der Waals surface area contributed by atoms with Crippen molar-refractivity contribution in [2.24, 2.45) is 11.1 Å². The van der Waals surface area contributed by atoms with Gasteiger partial charge in [-0.3, -0.25) is 9.59 Å². The Hall–Kier alpha value is -1.68. The Labute approximate surface area is 132 Å². The molecule has 2 unspecified atom stereocenters. The standard InChI is InChI=1S/C18H26N2O2/c1-18(2,3)16(21)15-10-7-11-20(15)17(22)14(19)12-13-8-5-4-6-9-13/h4-6,8-9,14-15H,7,10-12,19H2,1-3H3. The zero-order valence-corrected chi connectivity index (χ0v) is 13.7. The summed E-state index contributed by atoms with van der Waals surface area (Å²) in [7, 11) is 0. The Bertz CT molecular complexity index is 534. The van der Waals surface area contributed by atoms with E-state index in [0.717, 1.165) is 18.4 Å². The molecule has 1 aliphatic heterocycles. The normalized spacial score (nSPS) is 20.0. The fraction of sp³-hybridized carbons (Fsp3) is 0.556. The van der Waals surface area contributed by atoms with Crippen LogP contribution in [0.25, 0.3) is 0 Å². The van der Waals surface area contributed by atoms with E-state index in [4.69, 9.17) is 5.73 Å². The number of carbonyl (C=O) groups excluding carboxylic acids is 2. The van der Waals surface area contributed by atoms with Crippen molar-refractivity contribution < 1.29 is 9.59 Å². The summed E-state index contributed by atoms with van der Waals surface area (Å²) in [4.78, 5) is 26.9. The van der Waals surface area contributed by atoms with E-state index in [1.165, 1.54) is 0 Å². The van der Waals surface area contributed by atoms with Gasteiger partial charge in [-0.15, -0.1) is 0 Å². The third-order valence-electron chi connectivity index (χ3n) is 4.19. The summed E-state index contributed by atoms with van der Waals surface area (Å²) in [6.45, 7) is 6.34. The molecular formula is C18H26N2O2. The summed E-state index contributed by atoms with van der Waals surface area (Å²) < 4.78 is 0. The number of carbonyl (C=O) groups is 2. The summed E-state index contributed by atoms with van der Waals surface area (Å²) in [6, 6.07) is 8.85. The van der Waals surface area contributed by atoms with Gasteiger partial charge in [0, 0.05) is 12.0 Å². The van der Waals surface area contributed by atoms with Crippen LogP contribution < -0.4 is 5.73 Å². The van der Waals surface area contributed by atoms with Crippen molar-refractivity contribution in [3.8, 4) is 0 Å². The van der Waals surface area contributed by atoms with Crippen molar-refractivity contribution in [1.29, 1.82) is 0 Å². The van der Waals surface area contributed by atoms with E-state index >= 15 is 0 Å². The maximum atomic E-state index is 12.6. The topological polar surface area (TPSA) is 63.4 Å². The SMILES string of the molecule is CC(C)(C)C(=O)C1CCCN1C(=O)C(N)Cc1ccccc1. The molecule has 0 spiro atoms. The fourth-order valence-electron chi connectivity index (χ4n) is 2.97. The first kappa shape index (κ1) is 16.7. The average Bonchev–Trinajstić information content (AvgIpc) is 2.94. The Morgan fingerprint density at radius 3 is 2.50 bits per heavy atom. The molecule has 2 atom stereocenters. The van der Waals surface area contributed by atoms with Gasteiger partial charge in [0.25, 0.3) is 0 Å². The van der Waals surface area contributed by atoms with Gasteiger partial charge in [-0.05, 0) is 24.8 Å². The van der Waals surface area contributed by atoms with Gasteiger partial charge in [-0.1, -0.05) is 51.1 Å². The Kier molecular flexibility index (Phi) is 5.01. The van der Waals surface area contributed by atoms with E-state index < -0.39 is 11.5 Å². The van der Waals surface area contributed by atoms with Gasteiger partial charge in [0.15, 0.2) is 5.78 Å². The third kappa shape index (κ3) is 3.74. The molecular weight excluding hydrogens is 276 g/mol. The van der Waals surface area contributed by atoms with Crippen LogP contribution in [-0.2, 0) is 16.0 Å². The molecule has 1 aromatic carbocycles. The highest BCUT2D eigenvalue weighted by Crippen LogP contribution is 2.27. The van der Waals surface area contributed by atoms with Crippen LogP contribution in [0.2, 0.25) is 0 Å². The Balaban J connectivity index is 2.06. The first-order valence-electron chi connectivity index (χ1n) is 7.95. The number of benzene rings is 1. The first-order valence-corrected chi connectivity index (χ1v) is 7.95. The number of amides is 1. The van der Waals surface area contributed by atoms with Gasteiger partial charge >= 0.3 is 0 Å². The molecule has 120 valence electrons. The molecule has 0 aromatic heterocycles. The molecule has 1 amide bonds. The predicted molar refractivity (Wildman–Crippen MR) is 87.3 cm³/mol. The molecule has 1 saturated heterocycles. The second-order valence-electron chi connectivity index (χ2n) is 7.10. The maximum Gasteiger partial charge on any atom is 0.240 e. The minimum Gasteiger partial charge on any atom is -0.331 e. The lowest BCUT2D eigenvalue weighted by Crippen LogP contribution is -2.51. The molecule has 2 N–H and O–H groups in total. The van der Waals surface area contributed by atoms with Gasteiger partial charge in [-0.2, -0.15) is 0 Å². The monoisotopic (exact) mass is 302 g/mol. The van der Waals surface area contributed by atoms with Crippen LogP contribution in [0.15, 0.2) is 30.3 Å². The summed E-state index contributed by atoms with van der Waals surface area (Å²) >= 11 is 0. The smallest absolute Gasteiger partial charge is 0.240 e. The molecule has 22 heavy (non-hydrogen) atoms. The summed E-state index contributed by atoms with van der Waals surface area (Å²) in [5, 5.41) is 0. The van der Waals surface area contributed by atoms with Gasteiger partial charge in [0.1, 0.15) is 0 Å². The second kappa shape index (κ2) is 6.61. The quantitative estimate of drug-likeness (QED) is 0.927. The molecule has 1 aliphatic rings. The Morgan fingerprint density at radius 2 is 1.91 bits per heavy atom. The van der Waals surface area contributed by atoms with Crippen LogP contribution in [0.4, 0.5) is 0 Å². The number of Topliss-reactive ketones (excluding diaryl/α,β-unsaturated/α-hetero) is 1. The van der Waals surface area contributed by atoms with Crippen molar-refractivity contribution in [2.75, 3.05) is 6.54 Å². The van der Waals surface area contributed by atoms with Crippen LogP contribution in [0, 0.1) is 5.41 Å². The average molecular weight is 302 g/mol. The molecule has 1 fully saturated rings. The zero-order chi connectivity index (χ0) is 16.3.